The highest BCUT2D eigenvalue weighted by Gasteiger charge is 2.02. The number of pyridine rings is 1. The molecule has 0 unspecified atom stereocenters. The van der Waals surface area contributed by atoms with Gasteiger partial charge in [-0.05, 0) is 45.0 Å². The van der Waals surface area contributed by atoms with Crippen molar-refractivity contribution in [3.63, 3.8) is 0 Å². The second-order valence-electron chi connectivity index (χ2n) is 3.68. The van der Waals surface area contributed by atoms with Crippen molar-refractivity contribution in [2.24, 2.45) is 0 Å². The first-order valence-corrected chi connectivity index (χ1v) is 4.79. The standard InChI is InChI=1S/C11H18N2/c1-10(2)13(3)9-6-11-4-7-12-8-5-11/h4-5,7-8,10H,6,9H2,1-3H3. The van der Waals surface area contributed by atoms with Crippen molar-refractivity contribution in [1.29, 1.82) is 0 Å². The SMILES string of the molecule is CC(C)N(C)CCc1ccncc1. The molecule has 0 aliphatic carbocycles. The van der Waals surface area contributed by atoms with Gasteiger partial charge in [0.25, 0.3) is 0 Å². The molecular formula is C11H18N2. The molecule has 0 aromatic carbocycles. The molecule has 0 aliphatic heterocycles. The van der Waals surface area contributed by atoms with Crippen LogP contribution in [-0.4, -0.2) is 29.5 Å². The maximum atomic E-state index is 3.99. The Kier molecular flexibility index (Phi) is 3.90. The van der Waals surface area contributed by atoms with Gasteiger partial charge in [0, 0.05) is 25.0 Å². The van der Waals surface area contributed by atoms with Gasteiger partial charge < -0.3 is 4.90 Å². The summed E-state index contributed by atoms with van der Waals surface area (Å²) in [6, 6.07) is 4.78. The minimum absolute atomic E-state index is 0.627. The lowest BCUT2D eigenvalue weighted by atomic mass is 10.2. The minimum atomic E-state index is 0.627. The van der Waals surface area contributed by atoms with Crippen LogP contribution in [-0.2, 0) is 6.42 Å². The number of rotatable bonds is 4. The lowest BCUT2D eigenvalue weighted by Crippen LogP contribution is -2.28. The number of hydrogen-bond acceptors (Lipinski definition) is 2. The zero-order valence-electron chi connectivity index (χ0n) is 8.70. The van der Waals surface area contributed by atoms with Gasteiger partial charge in [0.2, 0.25) is 0 Å². The predicted octanol–water partition coefficient (Wildman–Crippen LogP) is 1.96. The fourth-order valence-corrected chi connectivity index (χ4v) is 1.11. The van der Waals surface area contributed by atoms with Gasteiger partial charge in [-0.1, -0.05) is 0 Å². The predicted molar refractivity (Wildman–Crippen MR) is 55.7 cm³/mol. The van der Waals surface area contributed by atoms with Crippen molar-refractivity contribution in [3.8, 4) is 0 Å². The summed E-state index contributed by atoms with van der Waals surface area (Å²) in [6.45, 7) is 5.54. The second kappa shape index (κ2) is 4.97. The Labute approximate surface area is 80.6 Å². The zero-order valence-corrected chi connectivity index (χ0v) is 8.70. The molecule has 0 N–H and O–H groups in total. The summed E-state index contributed by atoms with van der Waals surface area (Å²) in [5.74, 6) is 0. The molecule has 0 amide bonds. The quantitative estimate of drug-likeness (QED) is 0.700. The van der Waals surface area contributed by atoms with Crippen molar-refractivity contribution >= 4 is 0 Å². The third-order valence-corrected chi connectivity index (χ3v) is 2.38. The van der Waals surface area contributed by atoms with Crippen LogP contribution in [0.15, 0.2) is 24.5 Å². The topological polar surface area (TPSA) is 16.1 Å². The second-order valence-corrected chi connectivity index (χ2v) is 3.68. The summed E-state index contributed by atoms with van der Waals surface area (Å²) in [7, 11) is 2.16. The molecule has 1 aromatic rings. The van der Waals surface area contributed by atoms with E-state index in [0.717, 1.165) is 13.0 Å². The molecule has 1 rings (SSSR count). The molecule has 2 heteroatoms. The third kappa shape index (κ3) is 3.55. The molecule has 0 radical (unpaired) electrons. The van der Waals surface area contributed by atoms with E-state index in [2.05, 4.69) is 42.9 Å². The number of hydrogen-bond donors (Lipinski definition) is 0. The molecule has 72 valence electrons. The smallest absolute Gasteiger partial charge is 0.0270 e. The van der Waals surface area contributed by atoms with Crippen molar-refractivity contribution in [3.05, 3.63) is 30.1 Å². The molecule has 0 spiro atoms. The maximum absolute atomic E-state index is 3.99. The molecule has 0 fully saturated rings. The highest BCUT2D eigenvalue weighted by Crippen LogP contribution is 2.00. The Hall–Kier alpha value is -0.890. The maximum Gasteiger partial charge on any atom is 0.0270 e. The van der Waals surface area contributed by atoms with E-state index in [1.54, 1.807) is 0 Å². The monoisotopic (exact) mass is 178 g/mol. The Morgan fingerprint density at radius 1 is 1.31 bits per heavy atom. The number of nitrogens with zero attached hydrogens (tertiary/aromatic N) is 2. The Balaban J connectivity index is 2.35. The fourth-order valence-electron chi connectivity index (χ4n) is 1.11. The van der Waals surface area contributed by atoms with E-state index in [1.807, 2.05) is 12.4 Å². The van der Waals surface area contributed by atoms with E-state index < -0.39 is 0 Å². The molecule has 0 aliphatic rings. The summed E-state index contributed by atoms with van der Waals surface area (Å²) in [6.07, 6.45) is 4.81. The summed E-state index contributed by atoms with van der Waals surface area (Å²) < 4.78 is 0. The first-order chi connectivity index (χ1) is 6.20. The fraction of sp³-hybridized carbons (Fsp3) is 0.545. The van der Waals surface area contributed by atoms with Crippen LogP contribution >= 0.6 is 0 Å². The Bertz CT molecular complexity index is 231. The first kappa shape index (κ1) is 10.2. The van der Waals surface area contributed by atoms with Gasteiger partial charge in [-0.25, -0.2) is 0 Å². The summed E-state index contributed by atoms with van der Waals surface area (Å²) in [5.41, 5.74) is 1.36. The average molecular weight is 178 g/mol. The van der Waals surface area contributed by atoms with Crippen LogP contribution in [0, 0.1) is 0 Å². The van der Waals surface area contributed by atoms with Gasteiger partial charge in [0.15, 0.2) is 0 Å². The van der Waals surface area contributed by atoms with Gasteiger partial charge in [0.05, 0.1) is 0 Å². The number of likely N-dealkylation sites (N-methyl/N-ethyl adjacent to an activating group) is 1. The Morgan fingerprint density at radius 3 is 2.46 bits per heavy atom. The van der Waals surface area contributed by atoms with Gasteiger partial charge in [-0.3, -0.25) is 4.98 Å². The highest BCUT2D eigenvalue weighted by atomic mass is 15.1. The highest BCUT2D eigenvalue weighted by molar-refractivity contribution is 5.09. The van der Waals surface area contributed by atoms with E-state index in [-0.39, 0.29) is 0 Å². The summed E-state index contributed by atoms with van der Waals surface area (Å²) in [4.78, 5) is 6.34. The van der Waals surface area contributed by atoms with Gasteiger partial charge in [-0.15, -0.1) is 0 Å². The zero-order chi connectivity index (χ0) is 9.68. The van der Waals surface area contributed by atoms with Crippen molar-refractivity contribution in [1.82, 2.24) is 9.88 Å². The van der Waals surface area contributed by atoms with Gasteiger partial charge in [-0.2, -0.15) is 0 Å². The third-order valence-electron chi connectivity index (χ3n) is 2.38. The van der Waals surface area contributed by atoms with Crippen LogP contribution in [0.1, 0.15) is 19.4 Å². The van der Waals surface area contributed by atoms with Crippen LogP contribution < -0.4 is 0 Å². The molecule has 13 heavy (non-hydrogen) atoms. The van der Waals surface area contributed by atoms with Crippen molar-refractivity contribution < 1.29 is 0 Å². The van der Waals surface area contributed by atoms with Crippen LogP contribution in [0.4, 0.5) is 0 Å². The van der Waals surface area contributed by atoms with E-state index in [1.165, 1.54) is 5.56 Å². The van der Waals surface area contributed by atoms with Crippen LogP contribution in [0.3, 0.4) is 0 Å². The largest absolute Gasteiger partial charge is 0.304 e. The molecule has 0 saturated carbocycles. The molecule has 2 nitrogen and oxygen atoms in total. The lowest BCUT2D eigenvalue weighted by molar-refractivity contribution is 0.277. The van der Waals surface area contributed by atoms with Gasteiger partial charge in [0.1, 0.15) is 0 Å². The molecule has 0 atom stereocenters. The van der Waals surface area contributed by atoms with Crippen molar-refractivity contribution in [2.45, 2.75) is 26.3 Å². The van der Waals surface area contributed by atoms with Crippen LogP contribution in [0.5, 0.6) is 0 Å². The summed E-state index contributed by atoms with van der Waals surface area (Å²) in [5, 5.41) is 0. The first-order valence-electron chi connectivity index (χ1n) is 4.79. The normalized spacial score (nSPS) is 11.2. The molecule has 1 aromatic heterocycles. The van der Waals surface area contributed by atoms with Crippen LogP contribution in [0.25, 0.3) is 0 Å². The van der Waals surface area contributed by atoms with E-state index >= 15 is 0 Å². The lowest BCUT2D eigenvalue weighted by Gasteiger charge is -2.20. The molecule has 1 heterocycles. The molecule has 0 bridgehead atoms. The Morgan fingerprint density at radius 2 is 1.92 bits per heavy atom. The van der Waals surface area contributed by atoms with E-state index in [4.69, 9.17) is 0 Å². The van der Waals surface area contributed by atoms with Crippen molar-refractivity contribution in [2.75, 3.05) is 13.6 Å². The van der Waals surface area contributed by atoms with E-state index in [9.17, 15) is 0 Å². The minimum Gasteiger partial charge on any atom is -0.304 e. The molecule has 0 saturated heterocycles. The van der Waals surface area contributed by atoms with E-state index in [0.29, 0.717) is 6.04 Å². The molecular weight excluding hydrogens is 160 g/mol. The summed E-state index contributed by atoms with van der Waals surface area (Å²) >= 11 is 0. The average Bonchev–Trinajstić information content (AvgIpc) is 2.15. The van der Waals surface area contributed by atoms with Crippen LogP contribution in [0.2, 0.25) is 0 Å². The number of aromatic nitrogens is 1. The van der Waals surface area contributed by atoms with Gasteiger partial charge >= 0.3 is 0 Å².